The summed E-state index contributed by atoms with van der Waals surface area (Å²) in [5.74, 6) is 0. The number of hydrogen-bond acceptors (Lipinski definition) is 5. The quantitative estimate of drug-likeness (QED) is 0.390. The van der Waals surface area contributed by atoms with Crippen molar-refractivity contribution in [1.29, 1.82) is 0 Å². The zero-order chi connectivity index (χ0) is 18.7. The molecule has 0 spiro atoms. The van der Waals surface area contributed by atoms with Gasteiger partial charge < -0.3 is 17.2 Å². The molecule has 3 aromatic carbocycles. The van der Waals surface area contributed by atoms with E-state index in [4.69, 9.17) is 21.8 Å². The molecule has 0 aliphatic carbocycles. The maximum atomic E-state index is 10.5. The molecule has 0 saturated heterocycles. The normalized spacial score (nSPS) is 9.80. The molecular formula is C18H21N3O3S. The Bertz CT molecular complexity index is 800. The van der Waals surface area contributed by atoms with Crippen molar-refractivity contribution in [2.45, 2.75) is 4.90 Å². The molecule has 0 heterocycles. The molecule has 0 unspecified atom stereocenters. The van der Waals surface area contributed by atoms with Gasteiger partial charge in [0.05, 0.1) is 4.90 Å². The topological polar surface area (TPSA) is 132 Å². The van der Waals surface area contributed by atoms with Crippen LogP contribution in [0, 0.1) is 0 Å². The molecule has 0 radical (unpaired) electrons. The second-order valence-electron chi connectivity index (χ2n) is 4.87. The van der Waals surface area contributed by atoms with Crippen molar-refractivity contribution in [2.24, 2.45) is 0 Å². The fourth-order valence-corrected chi connectivity index (χ4v) is 2.03. The first kappa shape index (κ1) is 20.0. The van der Waals surface area contributed by atoms with Crippen molar-refractivity contribution in [2.75, 3.05) is 17.2 Å². The van der Waals surface area contributed by atoms with Gasteiger partial charge in [0.2, 0.25) is 0 Å². The second kappa shape index (κ2) is 9.96. The molecule has 3 aromatic rings. The van der Waals surface area contributed by atoms with Crippen LogP contribution in [0.3, 0.4) is 0 Å². The van der Waals surface area contributed by atoms with Gasteiger partial charge in [-0.1, -0.05) is 36.4 Å². The van der Waals surface area contributed by atoms with Crippen molar-refractivity contribution in [3.05, 3.63) is 84.9 Å². The van der Waals surface area contributed by atoms with Crippen molar-refractivity contribution >= 4 is 27.2 Å². The number of benzene rings is 3. The average molecular weight is 359 g/mol. The Morgan fingerprint density at radius 2 is 0.880 bits per heavy atom. The zero-order valence-corrected chi connectivity index (χ0v) is 14.3. The van der Waals surface area contributed by atoms with Crippen LogP contribution in [-0.2, 0) is 10.1 Å². The molecule has 25 heavy (non-hydrogen) atoms. The summed E-state index contributed by atoms with van der Waals surface area (Å²) in [6, 6.07) is 24.3. The molecule has 132 valence electrons. The highest BCUT2D eigenvalue weighted by atomic mass is 32.2. The van der Waals surface area contributed by atoms with Crippen LogP contribution in [0.1, 0.15) is 0 Å². The molecule has 7 N–H and O–H groups in total. The summed E-state index contributed by atoms with van der Waals surface area (Å²) in [4.78, 5) is -0.147. The predicted octanol–water partition coefficient (Wildman–Crippen LogP) is 3.05. The van der Waals surface area contributed by atoms with E-state index in [1.807, 2.05) is 60.7 Å². The van der Waals surface area contributed by atoms with Gasteiger partial charge in [0, 0.05) is 17.1 Å². The number of anilines is 3. The van der Waals surface area contributed by atoms with E-state index in [0.717, 1.165) is 11.4 Å². The van der Waals surface area contributed by atoms with Crippen LogP contribution in [-0.4, -0.2) is 13.0 Å². The highest BCUT2D eigenvalue weighted by Gasteiger charge is 2.06. The lowest BCUT2D eigenvalue weighted by Crippen LogP contribution is -1.97. The van der Waals surface area contributed by atoms with E-state index < -0.39 is 10.1 Å². The second-order valence-corrected chi connectivity index (χ2v) is 6.29. The SMILES string of the molecule is Nc1ccc(S(=O)(=O)O)cc1.Nc1ccccc1.Nc1ccccc1. The molecule has 0 atom stereocenters. The first-order chi connectivity index (χ1) is 11.8. The highest BCUT2D eigenvalue weighted by molar-refractivity contribution is 7.85. The minimum atomic E-state index is -4.08. The van der Waals surface area contributed by atoms with Gasteiger partial charge in [-0.3, -0.25) is 4.55 Å². The maximum absolute atomic E-state index is 10.5. The standard InChI is InChI=1S/C6H7NO3S.2C6H7N/c7-5-1-3-6(4-2-5)11(8,9)10;2*7-6-4-2-1-3-5-6/h1-4H,7H2,(H,8,9,10);2*1-5H,7H2. The van der Waals surface area contributed by atoms with E-state index in [9.17, 15) is 8.42 Å². The zero-order valence-electron chi connectivity index (χ0n) is 13.5. The van der Waals surface area contributed by atoms with E-state index in [0.29, 0.717) is 5.69 Å². The number of nitrogen functional groups attached to an aromatic ring is 3. The van der Waals surface area contributed by atoms with Gasteiger partial charge in [0.1, 0.15) is 0 Å². The fraction of sp³-hybridized carbons (Fsp3) is 0. The van der Waals surface area contributed by atoms with E-state index in [-0.39, 0.29) is 4.90 Å². The molecule has 0 aliphatic heterocycles. The molecule has 3 rings (SSSR count). The van der Waals surface area contributed by atoms with Crippen LogP contribution in [0.4, 0.5) is 17.1 Å². The van der Waals surface area contributed by atoms with Crippen molar-refractivity contribution in [3.8, 4) is 0 Å². The summed E-state index contributed by atoms with van der Waals surface area (Å²) in [6.45, 7) is 0. The summed E-state index contributed by atoms with van der Waals surface area (Å²) in [5, 5.41) is 0. The van der Waals surface area contributed by atoms with E-state index in [1.54, 1.807) is 0 Å². The predicted molar refractivity (Wildman–Crippen MR) is 102 cm³/mol. The Morgan fingerprint density at radius 3 is 1.12 bits per heavy atom. The monoisotopic (exact) mass is 359 g/mol. The lowest BCUT2D eigenvalue weighted by molar-refractivity contribution is 0.483. The van der Waals surface area contributed by atoms with Crippen LogP contribution in [0.5, 0.6) is 0 Å². The average Bonchev–Trinajstić information content (AvgIpc) is 2.57. The lowest BCUT2D eigenvalue weighted by Gasteiger charge is -1.95. The summed E-state index contributed by atoms with van der Waals surface area (Å²) in [7, 11) is -4.08. The summed E-state index contributed by atoms with van der Waals surface area (Å²) >= 11 is 0. The van der Waals surface area contributed by atoms with E-state index >= 15 is 0 Å². The Morgan fingerprint density at radius 1 is 0.560 bits per heavy atom. The third kappa shape index (κ3) is 8.99. The molecule has 0 saturated carbocycles. The van der Waals surface area contributed by atoms with Crippen molar-refractivity contribution in [1.82, 2.24) is 0 Å². The third-order valence-electron chi connectivity index (χ3n) is 2.78. The molecule has 0 aromatic heterocycles. The van der Waals surface area contributed by atoms with Crippen LogP contribution in [0.2, 0.25) is 0 Å². The van der Waals surface area contributed by atoms with E-state index in [2.05, 4.69) is 0 Å². The third-order valence-corrected chi connectivity index (χ3v) is 3.64. The Balaban J connectivity index is 0.000000195. The number of hydrogen-bond donors (Lipinski definition) is 4. The smallest absolute Gasteiger partial charge is 0.294 e. The van der Waals surface area contributed by atoms with Crippen molar-refractivity contribution < 1.29 is 13.0 Å². The van der Waals surface area contributed by atoms with Gasteiger partial charge in [0.25, 0.3) is 10.1 Å². The molecule has 7 heteroatoms. The van der Waals surface area contributed by atoms with Crippen LogP contribution in [0.25, 0.3) is 0 Å². The minimum absolute atomic E-state index is 0.147. The first-order valence-electron chi connectivity index (χ1n) is 7.23. The van der Waals surface area contributed by atoms with Gasteiger partial charge in [-0.2, -0.15) is 8.42 Å². The fourth-order valence-electron chi connectivity index (χ4n) is 1.55. The molecule has 0 aliphatic rings. The maximum Gasteiger partial charge on any atom is 0.294 e. The molecular weight excluding hydrogens is 338 g/mol. The van der Waals surface area contributed by atoms with Gasteiger partial charge >= 0.3 is 0 Å². The Labute approximate surface area is 147 Å². The highest BCUT2D eigenvalue weighted by Crippen LogP contribution is 2.10. The summed E-state index contributed by atoms with van der Waals surface area (Å²) < 4.78 is 29.4. The summed E-state index contributed by atoms with van der Waals surface area (Å²) in [6.07, 6.45) is 0. The van der Waals surface area contributed by atoms with Crippen LogP contribution < -0.4 is 17.2 Å². The van der Waals surface area contributed by atoms with Gasteiger partial charge in [-0.25, -0.2) is 0 Å². The minimum Gasteiger partial charge on any atom is -0.399 e. The van der Waals surface area contributed by atoms with Crippen LogP contribution in [0.15, 0.2) is 89.8 Å². The van der Waals surface area contributed by atoms with E-state index in [1.165, 1.54) is 24.3 Å². The lowest BCUT2D eigenvalue weighted by atomic mass is 10.3. The Hall–Kier alpha value is -3.03. The largest absolute Gasteiger partial charge is 0.399 e. The first-order valence-corrected chi connectivity index (χ1v) is 8.67. The summed E-state index contributed by atoms with van der Waals surface area (Å²) in [5.41, 5.74) is 18.1. The van der Waals surface area contributed by atoms with Crippen LogP contribution >= 0.6 is 0 Å². The number of rotatable bonds is 1. The number of para-hydroxylation sites is 2. The molecule has 6 nitrogen and oxygen atoms in total. The Kier molecular flexibility index (Phi) is 7.98. The van der Waals surface area contributed by atoms with Crippen molar-refractivity contribution in [3.63, 3.8) is 0 Å². The molecule has 0 amide bonds. The molecule has 0 fully saturated rings. The van der Waals surface area contributed by atoms with Gasteiger partial charge in [-0.05, 0) is 48.5 Å². The van der Waals surface area contributed by atoms with Gasteiger partial charge in [0.15, 0.2) is 0 Å². The van der Waals surface area contributed by atoms with Gasteiger partial charge in [-0.15, -0.1) is 0 Å². The number of nitrogens with two attached hydrogens (primary N) is 3. The molecule has 0 bridgehead atoms.